The van der Waals surface area contributed by atoms with Crippen molar-refractivity contribution in [3.05, 3.63) is 34.9 Å². The predicted octanol–water partition coefficient (Wildman–Crippen LogP) is 2.42. The Hall–Kier alpha value is -1.30. The molecule has 0 bridgehead atoms. The van der Waals surface area contributed by atoms with Gasteiger partial charge in [0.2, 0.25) is 0 Å². The van der Waals surface area contributed by atoms with Gasteiger partial charge < -0.3 is 15.8 Å². The number of guanidine groups is 1. The van der Waals surface area contributed by atoms with Crippen LogP contribution in [-0.2, 0) is 4.74 Å². The lowest BCUT2D eigenvalue weighted by Crippen LogP contribution is -2.42. The second-order valence-electron chi connectivity index (χ2n) is 5.90. The van der Waals surface area contributed by atoms with E-state index in [1.54, 1.807) is 0 Å². The first-order chi connectivity index (χ1) is 11.1. The van der Waals surface area contributed by atoms with Gasteiger partial charge in [0.15, 0.2) is 5.96 Å². The van der Waals surface area contributed by atoms with Crippen molar-refractivity contribution in [3.63, 3.8) is 0 Å². The zero-order chi connectivity index (χ0) is 16.7. The van der Waals surface area contributed by atoms with Gasteiger partial charge in [-0.15, -0.1) is 0 Å². The molecule has 6 heteroatoms. The number of benzene rings is 1. The SMILES string of the molecule is CCC(C)NC(N)=NCC(c1cccc(Cl)c1)N1CCOCC1. The molecule has 1 heterocycles. The number of rotatable bonds is 6. The average molecular weight is 339 g/mol. The predicted molar refractivity (Wildman–Crippen MR) is 96.0 cm³/mol. The quantitative estimate of drug-likeness (QED) is 0.617. The summed E-state index contributed by atoms with van der Waals surface area (Å²) in [7, 11) is 0. The Morgan fingerprint density at radius 1 is 1.43 bits per heavy atom. The highest BCUT2D eigenvalue weighted by Crippen LogP contribution is 2.24. The summed E-state index contributed by atoms with van der Waals surface area (Å²) in [6.07, 6.45) is 1.01. The summed E-state index contributed by atoms with van der Waals surface area (Å²) < 4.78 is 5.46. The zero-order valence-corrected chi connectivity index (χ0v) is 14.7. The molecule has 0 aromatic heterocycles. The Balaban J connectivity index is 2.11. The Labute approximate surface area is 143 Å². The van der Waals surface area contributed by atoms with Crippen molar-refractivity contribution in [1.82, 2.24) is 10.2 Å². The molecular formula is C17H27ClN4O. The van der Waals surface area contributed by atoms with Crippen LogP contribution in [0.4, 0.5) is 0 Å². The Bertz CT molecular complexity index is 517. The number of nitrogens with two attached hydrogens (primary N) is 1. The molecule has 0 aliphatic carbocycles. The van der Waals surface area contributed by atoms with E-state index in [4.69, 9.17) is 22.1 Å². The molecule has 0 radical (unpaired) electrons. The number of nitrogens with one attached hydrogen (secondary N) is 1. The van der Waals surface area contributed by atoms with Crippen LogP contribution in [0.15, 0.2) is 29.3 Å². The summed E-state index contributed by atoms with van der Waals surface area (Å²) in [6.45, 7) is 8.11. The number of ether oxygens (including phenoxy) is 1. The maximum atomic E-state index is 6.16. The average Bonchev–Trinajstić information content (AvgIpc) is 2.56. The third-order valence-corrected chi connectivity index (χ3v) is 4.40. The smallest absolute Gasteiger partial charge is 0.188 e. The summed E-state index contributed by atoms with van der Waals surface area (Å²) in [5.74, 6) is 0.500. The minimum absolute atomic E-state index is 0.162. The molecule has 2 atom stereocenters. The second-order valence-corrected chi connectivity index (χ2v) is 6.34. The summed E-state index contributed by atoms with van der Waals surface area (Å²) in [4.78, 5) is 6.94. The van der Waals surface area contributed by atoms with Crippen LogP contribution >= 0.6 is 11.6 Å². The van der Waals surface area contributed by atoms with Crippen molar-refractivity contribution in [3.8, 4) is 0 Å². The minimum atomic E-state index is 0.162. The molecule has 1 aromatic rings. The van der Waals surface area contributed by atoms with Gasteiger partial charge in [0.05, 0.1) is 25.8 Å². The summed E-state index contributed by atoms with van der Waals surface area (Å²) in [5, 5.41) is 3.95. The molecule has 1 fully saturated rings. The number of morpholine rings is 1. The molecule has 0 spiro atoms. The van der Waals surface area contributed by atoms with Crippen LogP contribution in [-0.4, -0.2) is 49.7 Å². The van der Waals surface area contributed by atoms with Gasteiger partial charge in [0.25, 0.3) is 0 Å². The second kappa shape index (κ2) is 9.11. The lowest BCUT2D eigenvalue weighted by Gasteiger charge is -2.34. The van der Waals surface area contributed by atoms with E-state index in [0.29, 0.717) is 18.5 Å². The van der Waals surface area contributed by atoms with Gasteiger partial charge in [0, 0.05) is 24.2 Å². The first-order valence-corrected chi connectivity index (χ1v) is 8.61. The maximum absolute atomic E-state index is 6.16. The summed E-state index contributed by atoms with van der Waals surface area (Å²) >= 11 is 6.16. The van der Waals surface area contributed by atoms with Crippen LogP contribution in [0.25, 0.3) is 0 Å². The first-order valence-electron chi connectivity index (χ1n) is 8.24. The van der Waals surface area contributed by atoms with Gasteiger partial charge in [-0.25, -0.2) is 0 Å². The molecule has 2 unspecified atom stereocenters. The Morgan fingerprint density at radius 2 is 2.17 bits per heavy atom. The fourth-order valence-corrected chi connectivity index (χ4v) is 2.82. The van der Waals surface area contributed by atoms with E-state index in [1.165, 1.54) is 5.56 Å². The van der Waals surface area contributed by atoms with Gasteiger partial charge in [-0.2, -0.15) is 0 Å². The third-order valence-electron chi connectivity index (χ3n) is 4.16. The molecular weight excluding hydrogens is 312 g/mol. The molecule has 1 saturated heterocycles. The van der Waals surface area contributed by atoms with E-state index in [-0.39, 0.29) is 6.04 Å². The van der Waals surface area contributed by atoms with Crippen LogP contribution in [0.3, 0.4) is 0 Å². The highest BCUT2D eigenvalue weighted by molar-refractivity contribution is 6.30. The highest BCUT2D eigenvalue weighted by atomic mass is 35.5. The molecule has 0 amide bonds. The zero-order valence-electron chi connectivity index (χ0n) is 14.0. The number of hydrogen-bond donors (Lipinski definition) is 2. The number of hydrogen-bond acceptors (Lipinski definition) is 3. The molecule has 5 nitrogen and oxygen atoms in total. The van der Waals surface area contributed by atoms with Crippen molar-refractivity contribution in [2.24, 2.45) is 10.7 Å². The fourth-order valence-electron chi connectivity index (χ4n) is 2.62. The van der Waals surface area contributed by atoms with Crippen molar-refractivity contribution in [2.45, 2.75) is 32.4 Å². The lowest BCUT2D eigenvalue weighted by molar-refractivity contribution is 0.0180. The fraction of sp³-hybridized carbons (Fsp3) is 0.588. The standard InChI is InChI=1S/C17H27ClN4O/c1-3-13(2)21-17(19)20-12-16(22-7-9-23-10-8-22)14-5-4-6-15(18)11-14/h4-6,11,13,16H,3,7-10,12H2,1-2H3,(H3,19,20,21). The van der Waals surface area contributed by atoms with E-state index in [2.05, 4.69) is 35.1 Å². The molecule has 2 rings (SSSR count). The van der Waals surface area contributed by atoms with Crippen molar-refractivity contribution in [1.29, 1.82) is 0 Å². The summed E-state index contributed by atoms with van der Waals surface area (Å²) in [6, 6.07) is 8.47. The van der Waals surface area contributed by atoms with Gasteiger partial charge in [0.1, 0.15) is 0 Å². The van der Waals surface area contributed by atoms with Gasteiger partial charge >= 0.3 is 0 Å². The van der Waals surface area contributed by atoms with Crippen molar-refractivity contribution < 1.29 is 4.74 Å². The first kappa shape index (κ1) is 18.0. The van der Waals surface area contributed by atoms with E-state index in [9.17, 15) is 0 Å². The maximum Gasteiger partial charge on any atom is 0.188 e. The van der Waals surface area contributed by atoms with Crippen molar-refractivity contribution >= 4 is 17.6 Å². The minimum Gasteiger partial charge on any atom is -0.379 e. The van der Waals surface area contributed by atoms with E-state index < -0.39 is 0 Å². The number of aliphatic imine (C=N–C) groups is 1. The van der Waals surface area contributed by atoms with Crippen LogP contribution in [0.2, 0.25) is 5.02 Å². The van der Waals surface area contributed by atoms with Gasteiger partial charge in [-0.1, -0.05) is 30.7 Å². The molecule has 1 aromatic carbocycles. The molecule has 1 aliphatic heterocycles. The van der Waals surface area contributed by atoms with Gasteiger partial charge in [-0.3, -0.25) is 9.89 Å². The number of halogens is 1. The molecule has 23 heavy (non-hydrogen) atoms. The van der Waals surface area contributed by atoms with Gasteiger partial charge in [-0.05, 0) is 31.0 Å². The normalized spacial score (nSPS) is 19.3. The van der Waals surface area contributed by atoms with Crippen LogP contribution in [0, 0.1) is 0 Å². The third kappa shape index (κ3) is 5.68. The lowest BCUT2D eigenvalue weighted by atomic mass is 10.0. The summed E-state index contributed by atoms with van der Waals surface area (Å²) in [5.41, 5.74) is 7.17. The Kier molecular flexibility index (Phi) is 7.15. The van der Waals surface area contributed by atoms with E-state index >= 15 is 0 Å². The number of nitrogens with zero attached hydrogens (tertiary/aromatic N) is 2. The molecule has 3 N–H and O–H groups in total. The molecule has 128 valence electrons. The van der Waals surface area contributed by atoms with E-state index in [0.717, 1.165) is 37.7 Å². The van der Waals surface area contributed by atoms with Crippen LogP contribution < -0.4 is 11.1 Å². The molecule has 1 aliphatic rings. The van der Waals surface area contributed by atoms with Crippen LogP contribution in [0.1, 0.15) is 31.9 Å². The van der Waals surface area contributed by atoms with Crippen LogP contribution in [0.5, 0.6) is 0 Å². The topological polar surface area (TPSA) is 62.9 Å². The largest absolute Gasteiger partial charge is 0.379 e. The van der Waals surface area contributed by atoms with E-state index in [1.807, 2.05) is 18.2 Å². The molecule has 0 saturated carbocycles. The monoisotopic (exact) mass is 338 g/mol. The van der Waals surface area contributed by atoms with Crippen molar-refractivity contribution in [2.75, 3.05) is 32.8 Å². The highest BCUT2D eigenvalue weighted by Gasteiger charge is 2.22. The Morgan fingerprint density at radius 3 is 2.83 bits per heavy atom.